The van der Waals surface area contributed by atoms with Crippen LogP contribution in [-0.4, -0.2) is 22.2 Å². The normalized spacial score (nSPS) is 12.2. The Morgan fingerprint density at radius 1 is 1.73 bits per heavy atom. The minimum atomic E-state index is -1.25. The van der Waals surface area contributed by atoms with Crippen molar-refractivity contribution in [1.29, 1.82) is 0 Å². The Labute approximate surface area is 86.7 Å². The van der Waals surface area contributed by atoms with Crippen LogP contribution in [0.15, 0.2) is 12.3 Å². The SMILES string of the molecule is CCC(C)Oc1ncc(F)cc1C(=O)O. The molecule has 0 aliphatic carbocycles. The van der Waals surface area contributed by atoms with E-state index in [-0.39, 0.29) is 17.5 Å². The zero-order chi connectivity index (χ0) is 11.4. The summed E-state index contributed by atoms with van der Waals surface area (Å²) in [7, 11) is 0. The lowest BCUT2D eigenvalue weighted by Crippen LogP contribution is -2.14. The molecule has 0 amide bonds. The quantitative estimate of drug-likeness (QED) is 0.831. The second-order valence-electron chi connectivity index (χ2n) is 3.15. The first-order valence-electron chi connectivity index (χ1n) is 4.60. The Morgan fingerprint density at radius 3 is 2.93 bits per heavy atom. The third-order valence-corrected chi connectivity index (χ3v) is 1.94. The van der Waals surface area contributed by atoms with E-state index in [2.05, 4.69) is 4.98 Å². The fourth-order valence-electron chi connectivity index (χ4n) is 0.948. The van der Waals surface area contributed by atoms with Gasteiger partial charge in [-0.05, 0) is 19.4 Å². The van der Waals surface area contributed by atoms with Crippen LogP contribution in [-0.2, 0) is 0 Å². The van der Waals surface area contributed by atoms with E-state index in [0.29, 0.717) is 0 Å². The highest BCUT2D eigenvalue weighted by atomic mass is 19.1. The van der Waals surface area contributed by atoms with Crippen LogP contribution in [0.25, 0.3) is 0 Å². The second-order valence-corrected chi connectivity index (χ2v) is 3.15. The van der Waals surface area contributed by atoms with E-state index >= 15 is 0 Å². The summed E-state index contributed by atoms with van der Waals surface area (Å²) in [5.41, 5.74) is -0.254. The van der Waals surface area contributed by atoms with Gasteiger partial charge in [-0.2, -0.15) is 0 Å². The molecule has 0 saturated heterocycles. The molecule has 1 aromatic rings. The van der Waals surface area contributed by atoms with Crippen LogP contribution >= 0.6 is 0 Å². The number of hydrogen-bond donors (Lipinski definition) is 1. The highest BCUT2D eigenvalue weighted by molar-refractivity contribution is 5.90. The van der Waals surface area contributed by atoms with Crippen LogP contribution < -0.4 is 4.74 Å². The van der Waals surface area contributed by atoms with E-state index in [9.17, 15) is 9.18 Å². The number of hydrogen-bond acceptors (Lipinski definition) is 3. The average Bonchev–Trinajstić information content (AvgIpc) is 2.20. The average molecular weight is 213 g/mol. The molecule has 0 saturated carbocycles. The number of carbonyl (C=O) groups is 1. The molecule has 0 spiro atoms. The van der Waals surface area contributed by atoms with E-state index in [0.717, 1.165) is 18.7 Å². The van der Waals surface area contributed by atoms with Gasteiger partial charge in [0.2, 0.25) is 5.88 Å². The van der Waals surface area contributed by atoms with Crippen LogP contribution in [0.2, 0.25) is 0 Å². The molecular weight excluding hydrogens is 201 g/mol. The number of aromatic nitrogens is 1. The van der Waals surface area contributed by atoms with Crippen LogP contribution in [0.3, 0.4) is 0 Å². The van der Waals surface area contributed by atoms with Crippen molar-refractivity contribution in [2.45, 2.75) is 26.4 Å². The summed E-state index contributed by atoms with van der Waals surface area (Å²) >= 11 is 0. The molecular formula is C10H12FNO3. The van der Waals surface area contributed by atoms with Gasteiger partial charge in [0.25, 0.3) is 0 Å². The van der Waals surface area contributed by atoms with E-state index in [1.54, 1.807) is 6.92 Å². The fourth-order valence-corrected chi connectivity index (χ4v) is 0.948. The number of pyridine rings is 1. The Kier molecular flexibility index (Phi) is 3.60. The summed E-state index contributed by atoms with van der Waals surface area (Å²) < 4.78 is 18.0. The molecule has 1 N–H and O–H groups in total. The van der Waals surface area contributed by atoms with E-state index < -0.39 is 11.8 Å². The molecule has 1 unspecified atom stereocenters. The van der Waals surface area contributed by atoms with Gasteiger partial charge < -0.3 is 9.84 Å². The molecule has 0 aliphatic heterocycles. The van der Waals surface area contributed by atoms with Crippen molar-refractivity contribution in [3.05, 3.63) is 23.6 Å². The first-order chi connectivity index (χ1) is 7.04. The molecule has 0 radical (unpaired) electrons. The highest BCUT2D eigenvalue weighted by Crippen LogP contribution is 2.18. The zero-order valence-corrected chi connectivity index (χ0v) is 8.53. The monoisotopic (exact) mass is 213 g/mol. The minimum Gasteiger partial charge on any atom is -0.477 e. The third-order valence-electron chi connectivity index (χ3n) is 1.94. The standard InChI is InChI=1S/C10H12FNO3/c1-3-6(2)15-9-8(10(13)14)4-7(11)5-12-9/h4-6H,3H2,1-2H3,(H,13,14). The summed E-state index contributed by atoms with van der Waals surface area (Å²) in [4.78, 5) is 14.4. The van der Waals surface area contributed by atoms with Crippen molar-refractivity contribution in [1.82, 2.24) is 4.98 Å². The Balaban J connectivity index is 3.01. The molecule has 0 bridgehead atoms. The van der Waals surface area contributed by atoms with Crippen molar-refractivity contribution in [2.75, 3.05) is 0 Å². The van der Waals surface area contributed by atoms with Gasteiger partial charge in [0.1, 0.15) is 11.4 Å². The lowest BCUT2D eigenvalue weighted by Gasteiger charge is -2.12. The van der Waals surface area contributed by atoms with Crippen molar-refractivity contribution < 1.29 is 19.0 Å². The van der Waals surface area contributed by atoms with E-state index in [1.807, 2.05) is 6.92 Å². The van der Waals surface area contributed by atoms with Crippen LogP contribution in [0, 0.1) is 5.82 Å². The summed E-state index contributed by atoms with van der Waals surface area (Å²) in [6.07, 6.45) is 1.50. The number of carboxylic acid groups (broad SMARTS) is 1. The number of carboxylic acids is 1. The summed E-state index contributed by atoms with van der Waals surface area (Å²) in [6, 6.07) is 0.896. The van der Waals surface area contributed by atoms with Gasteiger partial charge in [-0.25, -0.2) is 14.2 Å². The summed E-state index contributed by atoms with van der Waals surface area (Å²) in [5.74, 6) is -1.98. The fraction of sp³-hybridized carbons (Fsp3) is 0.400. The predicted molar refractivity (Wildman–Crippen MR) is 51.5 cm³/mol. The Morgan fingerprint density at radius 2 is 2.40 bits per heavy atom. The highest BCUT2D eigenvalue weighted by Gasteiger charge is 2.15. The lowest BCUT2D eigenvalue weighted by molar-refractivity contribution is 0.0687. The number of aromatic carboxylic acids is 1. The van der Waals surface area contributed by atoms with E-state index in [1.165, 1.54) is 0 Å². The predicted octanol–water partition coefficient (Wildman–Crippen LogP) is 2.10. The molecule has 1 rings (SSSR count). The van der Waals surface area contributed by atoms with E-state index in [4.69, 9.17) is 9.84 Å². The van der Waals surface area contributed by atoms with Gasteiger partial charge in [-0.1, -0.05) is 6.92 Å². The second kappa shape index (κ2) is 4.72. The van der Waals surface area contributed by atoms with Gasteiger partial charge in [0.05, 0.1) is 12.3 Å². The lowest BCUT2D eigenvalue weighted by atomic mass is 10.2. The van der Waals surface area contributed by atoms with Gasteiger partial charge in [0.15, 0.2) is 0 Å². The minimum absolute atomic E-state index is 0.0433. The maximum absolute atomic E-state index is 12.7. The number of ether oxygens (including phenoxy) is 1. The maximum atomic E-state index is 12.7. The summed E-state index contributed by atoms with van der Waals surface area (Å²) in [5, 5.41) is 8.79. The van der Waals surface area contributed by atoms with Crippen LogP contribution in [0.1, 0.15) is 30.6 Å². The molecule has 0 aromatic carbocycles. The summed E-state index contributed by atoms with van der Waals surface area (Å²) in [6.45, 7) is 3.69. The molecule has 15 heavy (non-hydrogen) atoms. The maximum Gasteiger partial charge on any atom is 0.341 e. The smallest absolute Gasteiger partial charge is 0.341 e. The molecule has 82 valence electrons. The van der Waals surface area contributed by atoms with Crippen molar-refractivity contribution >= 4 is 5.97 Å². The topological polar surface area (TPSA) is 59.4 Å². The van der Waals surface area contributed by atoms with Crippen LogP contribution in [0.4, 0.5) is 4.39 Å². The molecule has 1 heterocycles. The Hall–Kier alpha value is -1.65. The molecule has 1 aromatic heterocycles. The zero-order valence-electron chi connectivity index (χ0n) is 8.53. The van der Waals surface area contributed by atoms with Crippen molar-refractivity contribution in [3.8, 4) is 5.88 Å². The van der Waals surface area contributed by atoms with Gasteiger partial charge in [0, 0.05) is 0 Å². The number of nitrogens with zero attached hydrogens (tertiary/aromatic N) is 1. The van der Waals surface area contributed by atoms with Gasteiger partial charge in [-0.15, -0.1) is 0 Å². The van der Waals surface area contributed by atoms with Crippen molar-refractivity contribution in [3.63, 3.8) is 0 Å². The third kappa shape index (κ3) is 2.90. The molecule has 0 fully saturated rings. The van der Waals surface area contributed by atoms with Crippen LogP contribution in [0.5, 0.6) is 5.88 Å². The van der Waals surface area contributed by atoms with Gasteiger partial charge >= 0.3 is 5.97 Å². The first kappa shape index (κ1) is 11.4. The molecule has 5 heteroatoms. The molecule has 4 nitrogen and oxygen atoms in total. The molecule has 1 atom stereocenters. The Bertz CT molecular complexity index is 368. The number of halogens is 1. The molecule has 0 aliphatic rings. The first-order valence-corrected chi connectivity index (χ1v) is 4.60. The number of rotatable bonds is 4. The van der Waals surface area contributed by atoms with Crippen molar-refractivity contribution in [2.24, 2.45) is 0 Å². The van der Waals surface area contributed by atoms with Gasteiger partial charge in [-0.3, -0.25) is 0 Å². The largest absolute Gasteiger partial charge is 0.477 e.